The molecule has 1 heterocycles. The first-order valence-corrected chi connectivity index (χ1v) is 22.5. The second-order valence-corrected chi connectivity index (χ2v) is 18.7. The highest BCUT2D eigenvalue weighted by Gasteiger charge is 2.29. The molecule has 3 fully saturated rings. The average Bonchev–Trinajstić information content (AvgIpc) is 3.17. The summed E-state index contributed by atoms with van der Waals surface area (Å²) >= 11 is 11.2. The van der Waals surface area contributed by atoms with Crippen LogP contribution in [0, 0.1) is 0 Å². The Morgan fingerprint density at radius 1 is 0.333 bits per heavy atom. The van der Waals surface area contributed by atoms with Gasteiger partial charge in [-0.2, -0.15) is 0 Å². The van der Waals surface area contributed by atoms with Gasteiger partial charge in [-0.1, -0.05) is 86.3 Å². The Kier molecular flexibility index (Phi) is 14.3. The van der Waals surface area contributed by atoms with E-state index in [1.54, 1.807) is 0 Å². The van der Waals surface area contributed by atoms with E-state index in [0.717, 1.165) is 85.3 Å². The van der Waals surface area contributed by atoms with E-state index in [-0.39, 0.29) is 36.3 Å². The molecule has 0 radical (unpaired) electrons. The molecule has 0 unspecified atom stereocenters. The van der Waals surface area contributed by atoms with Crippen LogP contribution in [0.2, 0.25) is 0 Å². The topological polar surface area (TPSA) is 133 Å². The van der Waals surface area contributed by atoms with Gasteiger partial charge >= 0.3 is 0 Å². The number of rotatable bonds is 0. The Balaban J connectivity index is 1.15. The Morgan fingerprint density at radius 2 is 0.500 bits per heavy atom. The smallest absolute Gasteiger partial charge is 0.124 e. The summed E-state index contributed by atoms with van der Waals surface area (Å²) in [6.45, 7) is 3.43. The molecular weight excluding hydrogens is 876 g/mol. The molecule has 54 heavy (non-hydrogen) atoms. The van der Waals surface area contributed by atoms with E-state index < -0.39 is 0 Å². The van der Waals surface area contributed by atoms with Crippen LogP contribution >= 0.6 is 47.8 Å². The van der Waals surface area contributed by atoms with Gasteiger partial charge < -0.3 is 47.2 Å². The first kappa shape index (κ1) is 40.5. The fourth-order valence-electron chi connectivity index (χ4n) is 9.27. The second kappa shape index (κ2) is 19.1. The summed E-state index contributed by atoms with van der Waals surface area (Å²) in [6, 6.07) is 13.7. The molecule has 0 amide bonds. The van der Waals surface area contributed by atoms with Crippen molar-refractivity contribution in [3.63, 3.8) is 0 Å². The lowest BCUT2D eigenvalue weighted by atomic mass is 9.89. The van der Waals surface area contributed by atoms with Crippen molar-refractivity contribution in [3.8, 4) is 17.2 Å². The SMILES string of the molecule is Oc1c2cc(Br)cc1CN[C@@H]1CCCC[C@H]1NCc1cc(Br)cc(c1O)CN[C@@H]1CCCC[C@H]1NCc1cc(Br)cc(c1O)CN[C@@H]1CCCC[C@H]1NC2. The van der Waals surface area contributed by atoms with Crippen LogP contribution in [0.25, 0.3) is 0 Å². The van der Waals surface area contributed by atoms with Crippen LogP contribution in [0.1, 0.15) is 110 Å². The molecule has 3 saturated carbocycles. The number of phenolic OH excluding ortho intramolecular Hbond substituents is 3. The van der Waals surface area contributed by atoms with Crippen molar-refractivity contribution in [1.82, 2.24) is 31.9 Å². The highest BCUT2D eigenvalue weighted by Crippen LogP contribution is 2.33. The summed E-state index contributed by atoms with van der Waals surface area (Å²) in [5, 5.41) is 57.4. The van der Waals surface area contributed by atoms with E-state index in [9.17, 15) is 15.3 Å². The minimum absolute atomic E-state index is 0.252. The van der Waals surface area contributed by atoms with E-state index in [4.69, 9.17) is 0 Å². The number of aromatic hydroxyl groups is 3. The molecule has 7 rings (SSSR count). The second-order valence-electron chi connectivity index (χ2n) is 16.0. The zero-order valence-corrected chi connectivity index (χ0v) is 35.9. The van der Waals surface area contributed by atoms with E-state index >= 15 is 0 Å². The number of phenols is 3. The van der Waals surface area contributed by atoms with Crippen molar-refractivity contribution in [1.29, 1.82) is 0 Å². The van der Waals surface area contributed by atoms with E-state index in [2.05, 4.69) is 79.7 Å². The van der Waals surface area contributed by atoms with E-state index in [0.29, 0.717) is 56.5 Å². The molecule has 0 saturated heterocycles. The van der Waals surface area contributed by atoms with Gasteiger partial charge in [-0.3, -0.25) is 0 Å². The van der Waals surface area contributed by atoms with Crippen molar-refractivity contribution in [2.75, 3.05) is 0 Å². The molecule has 294 valence electrons. The molecule has 6 bridgehead atoms. The number of fused-ring (bicyclic) bond motifs is 9. The number of benzene rings is 3. The molecule has 3 aromatic carbocycles. The van der Waals surface area contributed by atoms with Gasteiger partial charge in [0.1, 0.15) is 17.2 Å². The van der Waals surface area contributed by atoms with Crippen LogP contribution < -0.4 is 31.9 Å². The lowest BCUT2D eigenvalue weighted by Crippen LogP contribution is -2.49. The first-order valence-electron chi connectivity index (χ1n) is 20.1. The van der Waals surface area contributed by atoms with Gasteiger partial charge in [-0.25, -0.2) is 0 Å². The zero-order chi connectivity index (χ0) is 37.6. The van der Waals surface area contributed by atoms with Crippen molar-refractivity contribution in [2.24, 2.45) is 0 Å². The molecule has 6 atom stereocenters. The maximum Gasteiger partial charge on any atom is 0.124 e. The van der Waals surface area contributed by atoms with Crippen molar-refractivity contribution >= 4 is 47.8 Å². The Labute approximate surface area is 346 Å². The lowest BCUT2D eigenvalue weighted by molar-refractivity contribution is 0.277. The largest absolute Gasteiger partial charge is 0.507 e. The molecule has 0 spiro atoms. The molecule has 3 aromatic rings. The number of halogens is 3. The normalized spacial score (nSPS) is 27.8. The summed E-state index contributed by atoms with van der Waals surface area (Å²) in [5.74, 6) is 1.03. The Bertz CT molecular complexity index is 1440. The van der Waals surface area contributed by atoms with Crippen molar-refractivity contribution in [3.05, 3.63) is 83.2 Å². The highest BCUT2D eigenvalue weighted by molar-refractivity contribution is 9.11. The highest BCUT2D eigenvalue weighted by atomic mass is 79.9. The molecule has 3 aliphatic carbocycles. The van der Waals surface area contributed by atoms with E-state index in [1.807, 2.05) is 36.4 Å². The minimum atomic E-state index is 0.252. The maximum atomic E-state index is 11.5. The summed E-state index contributed by atoms with van der Waals surface area (Å²) in [7, 11) is 0. The van der Waals surface area contributed by atoms with Crippen molar-refractivity contribution < 1.29 is 15.3 Å². The molecular formula is C42H57Br3N6O3. The van der Waals surface area contributed by atoms with Crippen molar-refractivity contribution in [2.45, 2.75) is 153 Å². The number of hydrogen-bond acceptors (Lipinski definition) is 9. The van der Waals surface area contributed by atoms with Crippen LogP contribution in [0.5, 0.6) is 17.2 Å². The number of hydrogen-bond donors (Lipinski definition) is 9. The number of nitrogens with one attached hydrogen (secondary N) is 6. The van der Waals surface area contributed by atoms with E-state index in [1.165, 1.54) is 38.5 Å². The summed E-state index contributed by atoms with van der Waals surface area (Å²) in [5.41, 5.74) is 5.33. The van der Waals surface area contributed by atoms with Crippen LogP contribution in [-0.4, -0.2) is 51.6 Å². The Hall–Kier alpha value is -1.74. The van der Waals surface area contributed by atoms with Gasteiger partial charge in [0.2, 0.25) is 0 Å². The maximum absolute atomic E-state index is 11.5. The van der Waals surface area contributed by atoms with Crippen LogP contribution in [0.4, 0.5) is 0 Å². The molecule has 1 aliphatic heterocycles. The first-order chi connectivity index (χ1) is 26.2. The molecule has 4 aliphatic rings. The third-order valence-corrected chi connectivity index (χ3v) is 13.7. The molecule has 0 aromatic heterocycles. The molecule has 9 nitrogen and oxygen atoms in total. The molecule has 12 heteroatoms. The van der Waals surface area contributed by atoms with Gasteiger partial charge in [0.25, 0.3) is 0 Å². The third kappa shape index (κ3) is 10.2. The third-order valence-electron chi connectivity index (χ3n) is 12.3. The monoisotopic (exact) mass is 930 g/mol. The zero-order valence-electron chi connectivity index (χ0n) is 31.1. The average molecular weight is 934 g/mol. The predicted molar refractivity (Wildman–Crippen MR) is 227 cm³/mol. The Morgan fingerprint density at radius 3 is 0.667 bits per heavy atom. The predicted octanol–water partition coefficient (Wildman–Crippen LogP) is 7.98. The van der Waals surface area contributed by atoms with Crippen LogP contribution in [0.15, 0.2) is 49.8 Å². The molecule has 9 N–H and O–H groups in total. The van der Waals surface area contributed by atoms with Gasteiger partial charge in [-0.05, 0) is 74.9 Å². The fraction of sp³-hybridized carbons (Fsp3) is 0.571. The van der Waals surface area contributed by atoms with Crippen LogP contribution in [-0.2, 0) is 39.3 Å². The minimum Gasteiger partial charge on any atom is -0.507 e. The van der Waals surface area contributed by atoms with Gasteiger partial charge in [-0.15, -0.1) is 0 Å². The van der Waals surface area contributed by atoms with Gasteiger partial charge in [0, 0.05) is 122 Å². The quantitative estimate of drug-likeness (QED) is 0.110. The summed E-state index contributed by atoms with van der Waals surface area (Å²) in [4.78, 5) is 0. The van der Waals surface area contributed by atoms with Gasteiger partial charge in [0.05, 0.1) is 0 Å². The summed E-state index contributed by atoms with van der Waals surface area (Å²) < 4.78 is 2.87. The fourth-order valence-corrected chi connectivity index (χ4v) is 10.9. The van der Waals surface area contributed by atoms with Gasteiger partial charge in [0.15, 0.2) is 0 Å². The lowest BCUT2D eigenvalue weighted by Gasteiger charge is -2.34. The summed E-state index contributed by atoms with van der Waals surface area (Å²) in [6.07, 6.45) is 13.4. The van der Waals surface area contributed by atoms with Crippen LogP contribution in [0.3, 0.4) is 0 Å². The standard InChI is InChI=1S/C42H57Br3N6O3/c43-31-13-25-19-46-34-7-1-2-8-35(34)47-20-26-14-32(44)16-28(41(26)53)22-49-38-11-5-6-12-39(38)51-24-30-18-33(45)17-29(42(30)54)23-50-37-10-4-3-9-36(37)48-21-27(15-31)40(25)52/h13-18,34-39,46-54H,1-12,19-24H2/t34-,35-,36-,37-,38-,39-/m1/s1.